The minimum absolute atomic E-state index is 0.0311. The first kappa shape index (κ1) is 60.7. The van der Waals surface area contributed by atoms with Crippen LogP contribution in [0.1, 0.15) is 63.5 Å². The highest BCUT2D eigenvalue weighted by atomic mass is 16.6. The van der Waals surface area contributed by atoms with Gasteiger partial charge in [0.2, 0.25) is 23.6 Å². The number of aliphatic carboxylic acids is 1. The molecule has 0 spiro atoms. The largest absolute Gasteiger partial charge is 0.480 e. The number of benzene rings is 2. The van der Waals surface area contributed by atoms with Gasteiger partial charge in [0.05, 0.1) is 91.9 Å². The van der Waals surface area contributed by atoms with Gasteiger partial charge in [-0.25, -0.2) is 0 Å². The topological polar surface area (TPSA) is 274 Å². The standard InChI is InChI=1S/C51H83N7O13/c1-39(2)36-44(57-48(61)45(38-41-14-8-5-9-15-41)56-46(59)42(52)37-40-12-6-4-7-13-40)47(60)55-43(49(62)58-21-17-51(53,18-22-58)50(63)64)16-10-11-19-54-20-23-66-26-27-68-30-31-70-34-35-71-33-32-69-29-28-67-25-24-65-3/h4-9,12-15,39,42-45,54H,10-11,16-38,52-53H2,1-3H3,(H,55,60)(H,56,59)(H,57,61)(H,63,64). The first-order chi connectivity index (χ1) is 34.3. The van der Waals surface area contributed by atoms with Crippen molar-refractivity contribution < 1.29 is 62.2 Å². The predicted molar refractivity (Wildman–Crippen MR) is 267 cm³/mol. The molecule has 20 nitrogen and oxygen atoms in total. The van der Waals surface area contributed by atoms with Crippen LogP contribution >= 0.6 is 0 Å². The van der Waals surface area contributed by atoms with Gasteiger partial charge in [-0.05, 0) is 68.5 Å². The smallest absolute Gasteiger partial charge is 0.323 e. The maximum absolute atomic E-state index is 14.2. The SMILES string of the molecule is COCCOCCOCCOCCOCCOCCOCCNCCCCC(NC(=O)C(CC(C)C)NC(=O)C(Cc1ccccc1)NC(=O)C(N)Cc1ccccc1)C(=O)N1CCC(N)(C(=O)O)CC1. The number of likely N-dealkylation sites (tertiary alicyclic amines) is 1. The molecule has 2 aromatic carbocycles. The lowest BCUT2D eigenvalue weighted by atomic mass is 9.88. The van der Waals surface area contributed by atoms with Crippen molar-refractivity contribution in [2.45, 2.75) is 94.9 Å². The number of amides is 4. The van der Waals surface area contributed by atoms with E-state index in [0.29, 0.717) is 118 Å². The van der Waals surface area contributed by atoms with Crippen molar-refractivity contribution in [3.8, 4) is 0 Å². The first-order valence-corrected chi connectivity index (χ1v) is 25.0. The molecule has 0 bridgehead atoms. The summed E-state index contributed by atoms with van der Waals surface area (Å²) in [6.07, 6.45) is 2.37. The van der Waals surface area contributed by atoms with Crippen molar-refractivity contribution in [3.05, 3.63) is 71.8 Å². The third kappa shape index (κ3) is 26.1. The van der Waals surface area contributed by atoms with Crippen LogP contribution in [0.15, 0.2) is 60.7 Å². The van der Waals surface area contributed by atoms with Crippen LogP contribution in [0.2, 0.25) is 0 Å². The minimum Gasteiger partial charge on any atom is -0.480 e. The number of nitrogens with zero attached hydrogens (tertiary/aromatic N) is 1. The Morgan fingerprint density at radius 3 is 1.55 bits per heavy atom. The third-order valence-corrected chi connectivity index (χ3v) is 11.7. The van der Waals surface area contributed by atoms with Gasteiger partial charge in [-0.15, -0.1) is 0 Å². The van der Waals surface area contributed by atoms with Gasteiger partial charge in [0.1, 0.15) is 23.7 Å². The highest BCUT2D eigenvalue weighted by molar-refractivity contribution is 5.95. The van der Waals surface area contributed by atoms with Crippen LogP contribution in [0.5, 0.6) is 0 Å². The van der Waals surface area contributed by atoms with Gasteiger partial charge in [-0.3, -0.25) is 24.0 Å². The molecule has 1 aliphatic heterocycles. The van der Waals surface area contributed by atoms with Crippen LogP contribution in [0.4, 0.5) is 0 Å². The Bertz CT molecular complexity index is 1770. The van der Waals surface area contributed by atoms with E-state index in [1.54, 1.807) is 12.0 Å². The van der Waals surface area contributed by atoms with E-state index in [0.717, 1.165) is 11.1 Å². The summed E-state index contributed by atoms with van der Waals surface area (Å²) in [4.78, 5) is 69.2. The van der Waals surface area contributed by atoms with E-state index in [4.69, 9.17) is 44.6 Å². The average Bonchev–Trinajstić information content (AvgIpc) is 3.35. The molecule has 0 radical (unpaired) electrons. The summed E-state index contributed by atoms with van der Waals surface area (Å²) in [5.74, 6) is -3.12. The maximum Gasteiger partial charge on any atom is 0.323 e. The van der Waals surface area contributed by atoms with Crippen LogP contribution < -0.4 is 32.7 Å². The van der Waals surface area contributed by atoms with E-state index in [1.807, 2.05) is 74.5 Å². The summed E-state index contributed by atoms with van der Waals surface area (Å²) in [5.41, 5.74) is 12.7. The number of carbonyl (C=O) groups excluding carboxylic acids is 4. The van der Waals surface area contributed by atoms with Crippen molar-refractivity contribution in [2.75, 3.05) is 119 Å². The Hall–Kier alpha value is -4.61. The molecule has 71 heavy (non-hydrogen) atoms. The number of nitrogens with two attached hydrogens (primary N) is 2. The van der Waals surface area contributed by atoms with E-state index in [1.165, 1.54) is 0 Å². The molecular formula is C51H83N7O13. The fraction of sp³-hybridized carbons (Fsp3) is 0.667. The van der Waals surface area contributed by atoms with Gasteiger partial charge in [0.15, 0.2) is 0 Å². The molecular weight excluding hydrogens is 919 g/mol. The predicted octanol–water partition coefficient (Wildman–Crippen LogP) is 1.21. The summed E-state index contributed by atoms with van der Waals surface area (Å²) in [6.45, 7) is 11.6. The summed E-state index contributed by atoms with van der Waals surface area (Å²) in [5, 5.41) is 21.7. The van der Waals surface area contributed by atoms with Crippen LogP contribution in [0.25, 0.3) is 0 Å². The lowest BCUT2D eigenvalue weighted by Gasteiger charge is -2.38. The Labute approximate surface area is 420 Å². The van der Waals surface area contributed by atoms with Gasteiger partial charge < -0.3 is 75.9 Å². The van der Waals surface area contributed by atoms with Gasteiger partial charge >= 0.3 is 5.97 Å². The molecule has 0 saturated carbocycles. The number of rotatable bonds is 40. The highest BCUT2D eigenvalue weighted by Crippen LogP contribution is 2.21. The molecule has 4 unspecified atom stereocenters. The van der Waals surface area contributed by atoms with Crippen molar-refractivity contribution in [1.29, 1.82) is 0 Å². The fourth-order valence-corrected chi connectivity index (χ4v) is 7.58. The summed E-state index contributed by atoms with van der Waals surface area (Å²) < 4.78 is 37.9. The van der Waals surface area contributed by atoms with Crippen LogP contribution in [0.3, 0.4) is 0 Å². The molecule has 1 heterocycles. The number of hydrogen-bond acceptors (Lipinski definition) is 15. The molecule has 3 rings (SSSR count). The second-order valence-electron chi connectivity index (χ2n) is 18.0. The highest BCUT2D eigenvalue weighted by Gasteiger charge is 2.40. The number of carboxylic acids is 1. The van der Waals surface area contributed by atoms with Crippen molar-refractivity contribution in [3.63, 3.8) is 0 Å². The van der Waals surface area contributed by atoms with Gasteiger partial charge in [-0.2, -0.15) is 0 Å². The zero-order valence-corrected chi connectivity index (χ0v) is 42.3. The fourth-order valence-electron chi connectivity index (χ4n) is 7.58. The average molecular weight is 1000 g/mol. The Balaban J connectivity index is 1.45. The number of carboxylic acid groups (broad SMARTS) is 1. The molecule has 20 heteroatoms. The van der Waals surface area contributed by atoms with Crippen LogP contribution in [-0.4, -0.2) is 188 Å². The van der Waals surface area contributed by atoms with Gasteiger partial charge in [0.25, 0.3) is 0 Å². The molecule has 0 aromatic heterocycles. The van der Waals surface area contributed by atoms with E-state index < -0.39 is 53.4 Å². The molecule has 1 aliphatic rings. The zero-order chi connectivity index (χ0) is 51.5. The normalized spacial score (nSPS) is 15.2. The van der Waals surface area contributed by atoms with Crippen molar-refractivity contribution >= 4 is 29.6 Å². The number of hydrogen-bond donors (Lipinski definition) is 7. The van der Waals surface area contributed by atoms with Crippen LogP contribution in [-0.2, 0) is 70.0 Å². The van der Waals surface area contributed by atoms with Crippen molar-refractivity contribution in [2.24, 2.45) is 17.4 Å². The number of methoxy groups -OCH3 is 1. The maximum atomic E-state index is 14.2. The molecule has 9 N–H and O–H groups in total. The molecule has 1 fully saturated rings. The first-order valence-electron chi connectivity index (χ1n) is 25.0. The second kappa shape index (κ2) is 36.3. The minimum atomic E-state index is -1.44. The molecule has 1 saturated heterocycles. The number of nitrogens with one attached hydrogen (secondary N) is 4. The third-order valence-electron chi connectivity index (χ3n) is 11.7. The molecule has 2 aromatic rings. The van der Waals surface area contributed by atoms with E-state index >= 15 is 0 Å². The van der Waals surface area contributed by atoms with E-state index in [-0.39, 0.29) is 57.0 Å². The Kier molecular flexibility index (Phi) is 31.1. The van der Waals surface area contributed by atoms with Crippen LogP contribution in [0, 0.1) is 5.92 Å². The van der Waals surface area contributed by atoms with Crippen molar-refractivity contribution in [1.82, 2.24) is 26.2 Å². The number of unbranched alkanes of at least 4 members (excludes halogenated alkanes) is 1. The molecule has 400 valence electrons. The zero-order valence-electron chi connectivity index (χ0n) is 42.3. The molecule has 0 aliphatic carbocycles. The summed E-state index contributed by atoms with van der Waals surface area (Å²) >= 11 is 0. The lowest BCUT2D eigenvalue weighted by molar-refractivity contribution is -0.148. The lowest BCUT2D eigenvalue weighted by Crippen LogP contribution is -2.60. The molecule has 4 atom stereocenters. The summed E-state index contributed by atoms with van der Waals surface area (Å²) in [6, 6.07) is 14.6. The van der Waals surface area contributed by atoms with Gasteiger partial charge in [-0.1, -0.05) is 74.5 Å². The molecule has 4 amide bonds. The van der Waals surface area contributed by atoms with E-state index in [9.17, 15) is 29.1 Å². The van der Waals surface area contributed by atoms with E-state index in [2.05, 4.69) is 21.3 Å². The second-order valence-corrected chi connectivity index (χ2v) is 18.0. The van der Waals surface area contributed by atoms with Gasteiger partial charge in [0, 0.05) is 33.2 Å². The number of carbonyl (C=O) groups is 5. The monoisotopic (exact) mass is 1000 g/mol. The Morgan fingerprint density at radius 1 is 0.606 bits per heavy atom. The number of ether oxygens (including phenoxy) is 7. The Morgan fingerprint density at radius 2 is 1.06 bits per heavy atom. The number of piperidine rings is 1. The quantitative estimate of drug-likeness (QED) is 0.0463. The summed E-state index contributed by atoms with van der Waals surface area (Å²) in [7, 11) is 1.63.